The molecule has 0 fully saturated rings. The fourth-order valence-corrected chi connectivity index (χ4v) is 1.90. The monoisotopic (exact) mass is 290 g/mol. The highest BCUT2D eigenvalue weighted by molar-refractivity contribution is 7.80. The van der Waals surface area contributed by atoms with Crippen LogP contribution in [0.4, 0.5) is 10.1 Å². The van der Waals surface area contributed by atoms with E-state index in [9.17, 15) is 4.39 Å². The number of aromatic amines is 1. The standard InChI is InChI=1S/C14H15FN4S/c1-9-7-11(10(2)17-9)8-16-19-14(20)18-13-5-3-12(15)4-6-13/h3-8,17H,1-2H3,(H2,18,19,20)/b16-8+. The second-order valence-electron chi connectivity index (χ2n) is 4.36. The van der Waals surface area contributed by atoms with E-state index in [4.69, 9.17) is 12.2 Å². The minimum atomic E-state index is -0.286. The van der Waals surface area contributed by atoms with Crippen LogP contribution in [0.3, 0.4) is 0 Å². The SMILES string of the molecule is Cc1cc(/C=N/NC(=S)Nc2ccc(F)cc2)c(C)[nH]1. The molecular weight excluding hydrogens is 275 g/mol. The maximum absolute atomic E-state index is 12.8. The Morgan fingerprint density at radius 3 is 2.60 bits per heavy atom. The number of aromatic nitrogens is 1. The number of nitrogens with one attached hydrogen (secondary N) is 3. The lowest BCUT2D eigenvalue weighted by molar-refractivity contribution is 0.628. The van der Waals surface area contributed by atoms with Crippen molar-refractivity contribution in [3.8, 4) is 0 Å². The van der Waals surface area contributed by atoms with Gasteiger partial charge in [0.05, 0.1) is 6.21 Å². The molecule has 0 amide bonds. The zero-order valence-corrected chi connectivity index (χ0v) is 12.0. The Kier molecular flexibility index (Phi) is 4.47. The van der Waals surface area contributed by atoms with Crippen molar-refractivity contribution < 1.29 is 4.39 Å². The number of aryl methyl sites for hydroxylation is 2. The van der Waals surface area contributed by atoms with Gasteiger partial charge in [0.1, 0.15) is 5.82 Å². The topological polar surface area (TPSA) is 52.2 Å². The van der Waals surface area contributed by atoms with Crippen LogP contribution < -0.4 is 10.7 Å². The molecule has 0 unspecified atom stereocenters. The molecule has 1 aromatic heterocycles. The quantitative estimate of drug-likeness (QED) is 0.462. The van der Waals surface area contributed by atoms with Gasteiger partial charge < -0.3 is 10.3 Å². The Bertz CT molecular complexity index is 631. The molecule has 0 saturated carbocycles. The first-order valence-electron chi connectivity index (χ1n) is 6.06. The second kappa shape index (κ2) is 6.29. The highest BCUT2D eigenvalue weighted by Crippen LogP contribution is 2.08. The van der Waals surface area contributed by atoms with Crippen molar-refractivity contribution in [2.24, 2.45) is 5.10 Å². The first-order valence-corrected chi connectivity index (χ1v) is 6.47. The second-order valence-corrected chi connectivity index (χ2v) is 4.77. The van der Waals surface area contributed by atoms with Crippen LogP contribution >= 0.6 is 12.2 Å². The van der Waals surface area contributed by atoms with E-state index in [2.05, 4.69) is 20.8 Å². The molecule has 0 atom stereocenters. The summed E-state index contributed by atoms with van der Waals surface area (Å²) in [5.74, 6) is -0.286. The number of thiocarbonyl (C=S) groups is 1. The van der Waals surface area contributed by atoms with E-state index in [1.165, 1.54) is 12.1 Å². The first-order chi connectivity index (χ1) is 9.54. The average Bonchev–Trinajstić information content (AvgIpc) is 2.71. The number of hydrogen-bond donors (Lipinski definition) is 3. The summed E-state index contributed by atoms with van der Waals surface area (Å²) in [5.41, 5.74) is 6.54. The van der Waals surface area contributed by atoms with Gasteiger partial charge in [-0.25, -0.2) is 4.39 Å². The van der Waals surface area contributed by atoms with Crippen molar-refractivity contribution in [3.63, 3.8) is 0 Å². The van der Waals surface area contributed by atoms with Gasteiger partial charge in [-0.3, -0.25) is 5.43 Å². The maximum Gasteiger partial charge on any atom is 0.191 e. The zero-order valence-electron chi connectivity index (χ0n) is 11.2. The largest absolute Gasteiger partial charge is 0.362 e. The molecule has 2 aromatic rings. The van der Waals surface area contributed by atoms with E-state index in [-0.39, 0.29) is 5.82 Å². The summed E-state index contributed by atoms with van der Waals surface area (Å²) in [4.78, 5) is 3.19. The molecule has 6 heteroatoms. The van der Waals surface area contributed by atoms with Crippen LogP contribution in [0.15, 0.2) is 35.4 Å². The minimum Gasteiger partial charge on any atom is -0.362 e. The summed E-state index contributed by atoms with van der Waals surface area (Å²) >= 11 is 5.08. The third-order valence-corrected chi connectivity index (χ3v) is 2.85. The number of benzene rings is 1. The summed E-state index contributed by atoms with van der Waals surface area (Å²) in [7, 11) is 0. The predicted octanol–water partition coefficient (Wildman–Crippen LogP) is 3.09. The van der Waals surface area contributed by atoms with Crippen molar-refractivity contribution in [2.75, 3.05) is 5.32 Å². The molecule has 0 spiro atoms. The number of hydrogen-bond acceptors (Lipinski definition) is 2. The summed E-state index contributed by atoms with van der Waals surface area (Å²) in [6, 6.07) is 7.93. The van der Waals surface area contributed by atoms with Crippen LogP contribution in [0.25, 0.3) is 0 Å². The van der Waals surface area contributed by atoms with E-state index in [0.29, 0.717) is 10.8 Å². The van der Waals surface area contributed by atoms with Crippen LogP contribution in [0.1, 0.15) is 17.0 Å². The van der Waals surface area contributed by atoms with Crippen LogP contribution in [0.2, 0.25) is 0 Å². The normalized spacial score (nSPS) is 10.8. The fourth-order valence-electron chi connectivity index (χ4n) is 1.73. The Labute approximate surface area is 122 Å². The van der Waals surface area contributed by atoms with Crippen molar-refractivity contribution >= 4 is 29.2 Å². The lowest BCUT2D eigenvalue weighted by atomic mass is 10.3. The molecule has 0 aliphatic carbocycles. The van der Waals surface area contributed by atoms with Gasteiger partial charge in [0, 0.05) is 22.6 Å². The molecule has 1 aromatic carbocycles. The van der Waals surface area contributed by atoms with Crippen molar-refractivity contribution in [1.82, 2.24) is 10.4 Å². The van der Waals surface area contributed by atoms with Gasteiger partial charge in [-0.1, -0.05) is 0 Å². The molecule has 0 saturated heterocycles. The number of halogens is 1. The Hall–Kier alpha value is -2.21. The van der Waals surface area contributed by atoms with Crippen LogP contribution in [0.5, 0.6) is 0 Å². The number of hydrazone groups is 1. The fraction of sp³-hybridized carbons (Fsp3) is 0.143. The van der Waals surface area contributed by atoms with Gasteiger partial charge in [0.15, 0.2) is 5.11 Å². The van der Waals surface area contributed by atoms with E-state index in [1.54, 1.807) is 18.3 Å². The number of rotatable bonds is 3. The van der Waals surface area contributed by atoms with E-state index >= 15 is 0 Å². The van der Waals surface area contributed by atoms with Crippen molar-refractivity contribution in [3.05, 3.63) is 53.1 Å². The summed E-state index contributed by atoms with van der Waals surface area (Å²) < 4.78 is 12.8. The molecule has 0 bridgehead atoms. The third-order valence-electron chi connectivity index (χ3n) is 2.66. The summed E-state index contributed by atoms with van der Waals surface area (Å²) in [6.45, 7) is 3.96. The first kappa shape index (κ1) is 14.2. The zero-order chi connectivity index (χ0) is 14.5. The molecule has 0 aliphatic rings. The maximum atomic E-state index is 12.8. The van der Waals surface area contributed by atoms with Gasteiger partial charge in [0.25, 0.3) is 0 Å². The van der Waals surface area contributed by atoms with Crippen molar-refractivity contribution in [2.45, 2.75) is 13.8 Å². The van der Waals surface area contributed by atoms with Crippen LogP contribution in [-0.2, 0) is 0 Å². The minimum absolute atomic E-state index is 0.286. The lowest BCUT2D eigenvalue weighted by Gasteiger charge is -2.06. The van der Waals surface area contributed by atoms with E-state index < -0.39 is 0 Å². The van der Waals surface area contributed by atoms with Crippen LogP contribution in [0, 0.1) is 19.7 Å². The molecule has 104 valence electrons. The average molecular weight is 290 g/mol. The smallest absolute Gasteiger partial charge is 0.191 e. The summed E-state index contributed by atoms with van der Waals surface area (Å²) in [5, 5.41) is 7.31. The predicted molar refractivity (Wildman–Crippen MR) is 83.6 cm³/mol. The molecule has 4 nitrogen and oxygen atoms in total. The molecule has 2 rings (SSSR count). The van der Waals surface area contributed by atoms with Crippen LogP contribution in [-0.4, -0.2) is 16.3 Å². The summed E-state index contributed by atoms with van der Waals surface area (Å²) in [6.07, 6.45) is 1.69. The highest BCUT2D eigenvalue weighted by atomic mass is 32.1. The molecule has 3 N–H and O–H groups in total. The highest BCUT2D eigenvalue weighted by Gasteiger charge is 1.99. The molecule has 0 aliphatic heterocycles. The number of nitrogens with zero attached hydrogens (tertiary/aromatic N) is 1. The van der Waals surface area contributed by atoms with Gasteiger partial charge in [-0.05, 0) is 56.4 Å². The Balaban J connectivity index is 1.89. The van der Waals surface area contributed by atoms with E-state index in [1.807, 2.05) is 19.9 Å². The molecule has 1 heterocycles. The number of anilines is 1. The number of H-pyrrole nitrogens is 1. The van der Waals surface area contributed by atoms with Gasteiger partial charge in [0.2, 0.25) is 0 Å². The molecule has 0 radical (unpaired) electrons. The van der Waals surface area contributed by atoms with Gasteiger partial charge in [-0.15, -0.1) is 0 Å². The lowest BCUT2D eigenvalue weighted by Crippen LogP contribution is -2.23. The molecular formula is C14H15FN4S. The van der Waals surface area contributed by atoms with E-state index in [0.717, 1.165) is 17.0 Å². The van der Waals surface area contributed by atoms with Gasteiger partial charge >= 0.3 is 0 Å². The Morgan fingerprint density at radius 1 is 1.30 bits per heavy atom. The van der Waals surface area contributed by atoms with Gasteiger partial charge in [-0.2, -0.15) is 5.10 Å². The Morgan fingerprint density at radius 2 is 2.00 bits per heavy atom. The van der Waals surface area contributed by atoms with Crippen molar-refractivity contribution in [1.29, 1.82) is 0 Å². The third kappa shape index (κ3) is 3.89. The molecule has 20 heavy (non-hydrogen) atoms.